The first-order chi connectivity index (χ1) is 13.5. The number of benzene rings is 2. The van der Waals surface area contributed by atoms with E-state index in [0.717, 1.165) is 5.75 Å². The van der Waals surface area contributed by atoms with E-state index in [1.807, 2.05) is 4.90 Å². The third-order valence-electron chi connectivity index (χ3n) is 5.43. The van der Waals surface area contributed by atoms with Gasteiger partial charge in [-0.05, 0) is 43.2 Å². The first kappa shape index (κ1) is 19.3. The summed E-state index contributed by atoms with van der Waals surface area (Å²) < 4.78 is 14.1. The third-order valence-corrected chi connectivity index (χ3v) is 7.22. The fourth-order valence-electron chi connectivity index (χ4n) is 3.95. The van der Waals surface area contributed by atoms with Crippen LogP contribution in [-0.2, 0) is 0 Å². The fourth-order valence-corrected chi connectivity index (χ4v) is 5.60. The molecular formula is C21H20ClFN2O2S. The van der Waals surface area contributed by atoms with E-state index in [-0.39, 0.29) is 22.2 Å². The summed E-state index contributed by atoms with van der Waals surface area (Å²) in [6, 6.07) is 13.1. The maximum absolute atomic E-state index is 14.1. The third kappa shape index (κ3) is 3.51. The Morgan fingerprint density at radius 1 is 1.00 bits per heavy atom. The van der Waals surface area contributed by atoms with Crippen molar-refractivity contribution in [2.75, 3.05) is 25.4 Å². The predicted octanol–water partition coefficient (Wildman–Crippen LogP) is 4.30. The van der Waals surface area contributed by atoms with E-state index in [4.69, 9.17) is 11.6 Å². The van der Waals surface area contributed by atoms with Crippen molar-refractivity contribution in [3.05, 3.63) is 70.5 Å². The van der Waals surface area contributed by atoms with Gasteiger partial charge in [0, 0.05) is 36.0 Å². The lowest BCUT2D eigenvalue weighted by atomic mass is 10.00. The van der Waals surface area contributed by atoms with Gasteiger partial charge in [0.05, 0.1) is 10.4 Å². The van der Waals surface area contributed by atoms with Crippen LogP contribution in [0.1, 0.15) is 33.6 Å². The van der Waals surface area contributed by atoms with Gasteiger partial charge in [0.2, 0.25) is 0 Å². The highest BCUT2D eigenvalue weighted by molar-refractivity contribution is 8.00. The molecule has 2 fully saturated rings. The number of hydrogen-bond donors (Lipinski definition) is 0. The highest BCUT2D eigenvalue weighted by Gasteiger charge is 2.47. The van der Waals surface area contributed by atoms with Crippen LogP contribution in [0.5, 0.6) is 0 Å². The highest BCUT2D eigenvalue weighted by atomic mass is 35.5. The average molecular weight is 419 g/mol. The molecule has 2 aliphatic rings. The van der Waals surface area contributed by atoms with Gasteiger partial charge in [-0.3, -0.25) is 9.59 Å². The van der Waals surface area contributed by atoms with Crippen LogP contribution in [0.4, 0.5) is 4.39 Å². The number of halogens is 2. The van der Waals surface area contributed by atoms with Crippen molar-refractivity contribution in [3.63, 3.8) is 0 Å². The molecule has 4 nitrogen and oxygen atoms in total. The zero-order valence-corrected chi connectivity index (χ0v) is 16.8. The summed E-state index contributed by atoms with van der Waals surface area (Å²) in [5.41, 5.74) is 0.684. The van der Waals surface area contributed by atoms with Crippen LogP contribution in [0.3, 0.4) is 0 Å². The standard InChI is InChI=1S/C21H20ClFN2O2S/c22-16-5-3-4-15(14-16)19(26)24-10-8-21(9-11-24)25(12-13-28-21)20(27)17-6-1-2-7-18(17)23/h1-7,14H,8-13H2. The molecule has 2 heterocycles. The molecule has 0 aromatic heterocycles. The van der Waals surface area contributed by atoms with Gasteiger partial charge < -0.3 is 9.80 Å². The summed E-state index contributed by atoms with van der Waals surface area (Å²) in [5.74, 6) is 0.0146. The molecule has 0 radical (unpaired) electrons. The number of nitrogens with zero attached hydrogens (tertiary/aromatic N) is 2. The van der Waals surface area contributed by atoms with Crippen LogP contribution in [-0.4, -0.2) is 51.9 Å². The molecular weight excluding hydrogens is 399 g/mol. The second-order valence-electron chi connectivity index (χ2n) is 7.03. The molecule has 2 saturated heterocycles. The molecule has 7 heteroatoms. The number of likely N-dealkylation sites (tertiary alicyclic amines) is 1. The molecule has 4 rings (SSSR count). The summed E-state index contributed by atoms with van der Waals surface area (Å²) in [5, 5.41) is 0.535. The second-order valence-corrected chi connectivity index (χ2v) is 8.93. The van der Waals surface area contributed by atoms with Crippen molar-refractivity contribution >= 4 is 35.2 Å². The molecule has 146 valence electrons. The first-order valence-corrected chi connectivity index (χ1v) is 10.6. The largest absolute Gasteiger partial charge is 0.338 e. The van der Waals surface area contributed by atoms with E-state index in [9.17, 15) is 14.0 Å². The zero-order valence-electron chi connectivity index (χ0n) is 15.2. The van der Waals surface area contributed by atoms with Crippen molar-refractivity contribution in [2.45, 2.75) is 17.7 Å². The Balaban J connectivity index is 1.49. The van der Waals surface area contributed by atoms with Gasteiger partial charge in [-0.15, -0.1) is 11.8 Å². The number of carbonyl (C=O) groups excluding carboxylic acids is 2. The van der Waals surface area contributed by atoms with Crippen LogP contribution in [0.2, 0.25) is 5.02 Å². The highest BCUT2D eigenvalue weighted by Crippen LogP contribution is 2.44. The van der Waals surface area contributed by atoms with E-state index < -0.39 is 5.82 Å². The molecule has 0 saturated carbocycles. The topological polar surface area (TPSA) is 40.6 Å². The van der Waals surface area contributed by atoms with Crippen molar-refractivity contribution in [3.8, 4) is 0 Å². The fraction of sp³-hybridized carbons (Fsp3) is 0.333. The second kappa shape index (κ2) is 7.76. The van der Waals surface area contributed by atoms with Crippen molar-refractivity contribution < 1.29 is 14.0 Å². The van der Waals surface area contributed by atoms with Crippen LogP contribution in [0.25, 0.3) is 0 Å². The summed E-state index contributed by atoms with van der Waals surface area (Å²) in [7, 11) is 0. The van der Waals surface area contributed by atoms with Gasteiger partial charge in [-0.2, -0.15) is 0 Å². The monoisotopic (exact) mass is 418 g/mol. The Hall–Kier alpha value is -2.05. The van der Waals surface area contributed by atoms with Crippen LogP contribution in [0, 0.1) is 5.82 Å². The number of carbonyl (C=O) groups is 2. The molecule has 2 amide bonds. The normalized spacial score (nSPS) is 18.5. The zero-order chi connectivity index (χ0) is 19.7. The molecule has 2 aromatic rings. The minimum absolute atomic E-state index is 0.0488. The Labute approximate surface area is 172 Å². The van der Waals surface area contributed by atoms with Gasteiger partial charge in [0.25, 0.3) is 11.8 Å². The average Bonchev–Trinajstić information content (AvgIpc) is 3.11. The summed E-state index contributed by atoms with van der Waals surface area (Å²) >= 11 is 7.74. The minimum atomic E-state index is -0.492. The Kier molecular flexibility index (Phi) is 5.34. The van der Waals surface area contributed by atoms with E-state index >= 15 is 0 Å². The van der Waals surface area contributed by atoms with Crippen LogP contribution >= 0.6 is 23.4 Å². The molecule has 0 N–H and O–H groups in total. The molecule has 0 atom stereocenters. The Morgan fingerprint density at radius 2 is 1.75 bits per heavy atom. The van der Waals surface area contributed by atoms with Crippen molar-refractivity contribution in [2.24, 2.45) is 0 Å². The van der Waals surface area contributed by atoms with Gasteiger partial charge in [0.15, 0.2) is 0 Å². The van der Waals surface area contributed by atoms with Crippen molar-refractivity contribution in [1.82, 2.24) is 9.80 Å². The van der Waals surface area contributed by atoms with Gasteiger partial charge in [-0.1, -0.05) is 29.8 Å². The number of piperidine rings is 1. The molecule has 1 spiro atoms. The van der Waals surface area contributed by atoms with Gasteiger partial charge in [-0.25, -0.2) is 4.39 Å². The number of hydrogen-bond acceptors (Lipinski definition) is 3. The van der Waals surface area contributed by atoms with Crippen LogP contribution in [0.15, 0.2) is 48.5 Å². The summed E-state index contributed by atoms with van der Waals surface area (Å²) in [6.45, 7) is 1.71. The quantitative estimate of drug-likeness (QED) is 0.730. The number of thioether (sulfide) groups is 1. The Morgan fingerprint density at radius 3 is 2.46 bits per heavy atom. The summed E-state index contributed by atoms with van der Waals surface area (Å²) in [6.07, 6.45) is 1.34. The molecule has 28 heavy (non-hydrogen) atoms. The molecule has 2 aromatic carbocycles. The van der Waals surface area contributed by atoms with E-state index in [2.05, 4.69) is 0 Å². The number of rotatable bonds is 2. The molecule has 0 unspecified atom stereocenters. The van der Waals surface area contributed by atoms with E-state index in [1.165, 1.54) is 12.1 Å². The lowest BCUT2D eigenvalue weighted by Crippen LogP contribution is -2.53. The first-order valence-electron chi connectivity index (χ1n) is 9.25. The van der Waals surface area contributed by atoms with Gasteiger partial charge >= 0.3 is 0 Å². The smallest absolute Gasteiger partial charge is 0.257 e. The Bertz CT molecular complexity index is 915. The minimum Gasteiger partial charge on any atom is -0.338 e. The van der Waals surface area contributed by atoms with E-state index in [1.54, 1.807) is 53.1 Å². The lowest BCUT2D eigenvalue weighted by molar-refractivity contribution is 0.0495. The molecule has 2 aliphatic heterocycles. The summed E-state index contributed by atoms with van der Waals surface area (Å²) in [4.78, 5) is 29.0. The lowest BCUT2D eigenvalue weighted by Gasteiger charge is -2.44. The predicted molar refractivity (Wildman–Crippen MR) is 109 cm³/mol. The van der Waals surface area contributed by atoms with Crippen LogP contribution < -0.4 is 0 Å². The molecule has 0 bridgehead atoms. The van der Waals surface area contributed by atoms with Gasteiger partial charge in [0.1, 0.15) is 5.82 Å². The van der Waals surface area contributed by atoms with E-state index in [0.29, 0.717) is 43.1 Å². The maximum Gasteiger partial charge on any atom is 0.257 e. The van der Waals surface area contributed by atoms with Crippen molar-refractivity contribution in [1.29, 1.82) is 0 Å². The SMILES string of the molecule is O=C(c1cccc(Cl)c1)N1CCC2(CC1)SCCN2C(=O)c1ccccc1F. The number of amides is 2. The molecule has 0 aliphatic carbocycles. The maximum atomic E-state index is 14.1.